The van der Waals surface area contributed by atoms with E-state index in [1.54, 1.807) is 23.1 Å². The van der Waals surface area contributed by atoms with E-state index in [4.69, 9.17) is 5.73 Å². The summed E-state index contributed by atoms with van der Waals surface area (Å²) < 4.78 is 15.0. The number of nitrogen functional groups attached to an aromatic ring is 1. The van der Waals surface area contributed by atoms with E-state index < -0.39 is 5.82 Å². The van der Waals surface area contributed by atoms with Crippen molar-refractivity contribution in [1.29, 1.82) is 0 Å². The molecule has 5 nitrogen and oxygen atoms in total. The molecule has 0 spiro atoms. The molecule has 1 aliphatic rings. The Morgan fingerprint density at radius 2 is 1.95 bits per heavy atom. The number of hydrogen-bond donors (Lipinski definition) is 1. The summed E-state index contributed by atoms with van der Waals surface area (Å²) in [6.07, 6.45) is 2.02. The molecule has 2 heterocycles. The number of likely N-dealkylation sites (tertiary alicyclic amines) is 1. The number of nitrogens with zero attached hydrogens (tertiary/aromatic N) is 3. The molecule has 2 aromatic rings. The van der Waals surface area contributed by atoms with Crippen LogP contribution < -0.4 is 5.73 Å². The lowest BCUT2D eigenvalue weighted by atomic mass is 10.3. The van der Waals surface area contributed by atoms with Crippen LogP contribution in [0.5, 0.6) is 0 Å². The van der Waals surface area contributed by atoms with Gasteiger partial charge >= 0.3 is 0 Å². The first-order valence-electron chi connectivity index (χ1n) is 6.56. The van der Waals surface area contributed by atoms with Crippen molar-refractivity contribution in [2.75, 3.05) is 18.8 Å². The van der Waals surface area contributed by atoms with E-state index >= 15 is 0 Å². The van der Waals surface area contributed by atoms with Gasteiger partial charge in [-0.05, 0) is 25.0 Å². The molecular weight excluding hydrogens is 259 g/mol. The molecule has 1 aromatic heterocycles. The van der Waals surface area contributed by atoms with Crippen molar-refractivity contribution in [2.45, 2.75) is 12.8 Å². The first kappa shape index (κ1) is 12.7. The van der Waals surface area contributed by atoms with Gasteiger partial charge in [0.05, 0.1) is 0 Å². The number of para-hydroxylation sites is 1. The molecule has 2 N–H and O–H groups in total. The van der Waals surface area contributed by atoms with E-state index in [9.17, 15) is 9.18 Å². The molecule has 1 fully saturated rings. The lowest BCUT2D eigenvalue weighted by molar-refractivity contribution is 0.0786. The summed E-state index contributed by atoms with van der Waals surface area (Å²) in [5.41, 5.74) is 6.34. The second kappa shape index (κ2) is 4.96. The number of amides is 1. The average molecular weight is 274 g/mol. The van der Waals surface area contributed by atoms with Crippen molar-refractivity contribution >= 4 is 11.7 Å². The van der Waals surface area contributed by atoms with Gasteiger partial charge in [0.15, 0.2) is 5.69 Å². The molecule has 1 amide bonds. The minimum atomic E-state index is -0.428. The zero-order valence-electron chi connectivity index (χ0n) is 10.9. The van der Waals surface area contributed by atoms with Gasteiger partial charge in [-0.15, -0.1) is 0 Å². The van der Waals surface area contributed by atoms with Crippen molar-refractivity contribution in [3.8, 4) is 5.69 Å². The Hall–Kier alpha value is -2.37. The Kier molecular flexibility index (Phi) is 3.14. The van der Waals surface area contributed by atoms with Gasteiger partial charge in [-0.3, -0.25) is 4.79 Å². The molecule has 20 heavy (non-hydrogen) atoms. The van der Waals surface area contributed by atoms with E-state index in [2.05, 4.69) is 5.10 Å². The first-order valence-corrected chi connectivity index (χ1v) is 6.56. The first-order chi connectivity index (χ1) is 9.66. The summed E-state index contributed by atoms with van der Waals surface area (Å²) in [7, 11) is 0. The van der Waals surface area contributed by atoms with E-state index in [1.807, 2.05) is 0 Å². The fraction of sp³-hybridized carbons (Fsp3) is 0.286. The van der Waals surface area contributed by atoms with E-state index in [-0.39, 0.29) is 23.1 Å². The fourth-order valence-electron chi connectivity index (χ4n) is 2.40. The van der Waals surface area contributed by atoms with Crippen LogP contribution in [0.3, 0.4) is 0 Å². The fourth-order valence-corrected chi connectivity index (χ4v) is 2.40. The second-order valence-corrected chi connectivity index (χ2v) is 4.82. The molecule has 0 radical (unpaired) electrons. The summed E-state index contributed by atoms with van der Waals surface area (Å²) in [5, 5.41) is 4.15. The maximum Gasteiger partial charge on any atom is 0.274 e. The Labute approximate surface area is 115 Å². The summed E-state index contributed by atoms with van der Waals surface area (Å²) in [6.45, 7) is 1.48. The predicted molar refractivity (Wildman–Crippen MR) is 73.1 cm³/mol. The zero-order valence-corrected chi connectivity index (χ0v) is 10.9. The van der Waals surface area contributed by atoms with Gasteiger partial charge < -0.3 is 10.6 Å². The molecule has 0 unspecified atom stereocenters. The van der Waals surface area contributed by atoms with Gasteiger partial charge in [0.2, 0.25) is 0 Å². The van der Waals surface area contributed by atoms with Crippen molar-refractivity contribution < 1.29 is 9.18 Å². The van der Waals surface area contributed by atoms with E-state index in [0.717, 1.165) is 25.9 Å². The van der Waals surface area contributed by atoms with Crippen molar-refractivity contribution in [1.82, 2.24) is 14.7 Å². The Morgan fingerprint density at radius 1 is 1.25 bits per heavy atom. The van der Waals surface area contributed by atoms with Crippen LogP contribution in [-0.2, 0) is 0 Å². The molecule has 1 aliphatic heterocycles. The maximum absolute atomic E-state index is 13.8. The Morgan fingerprint density at radius 3 is 2.65 bits per heavy atom. The highest BCUT2D eigenvalue weighted by Crippen LogP contribution is 2.19. The van der Waals surface area contributed by atoms with Crippen molar-refractivity contribution in [3.63, 3.8) is 0 Å². The number of rotatable bonds is 2. The summed E-state index contributed by atoms with van der Waals surface area (Å²) in [4.78, 5) is 14.0. The number of carbonyl (C=O) groups is 1. The number of aromatic nitrogens is 2. The van der Waals surface area contributed by atoms with Gasteiger partial charge in [-0.25, -0.2) is 9.07 Å². The summed E-state index contributed by atoms with van der Waals surface area (Å²) in [6, 6.07) is 7.69. The highest BCUT2D eigenvalue weighted by molar-refractivity contribution is 5.93. The van der Waals surface area contributed by atoms with Crippen molar-refractivity contribution in [3.05, 3.63) is 41.8 Å². The Balaban J connectivity index is 1.95. The van der Waals surface area contributed by atoms with Crippen LogP contribution >= 0.6 is 0 Å². The SMILES string of the molecule is Nc1cc(C(=O)N2CCCC2)nn1-c1ccccc1F. The molecule has 1 saturated heterocycles. The van der Waals surface area contributed by atoms with E-state index in [1.165, 1.54) is 16.8 Å². The van der Waals surface area contributed by atoms with Gasteiger partial charge in [0, 0.05) is 19.2 Å². The minimum Gasteiger partial charge on any atom is -0.384 e. The average Bonchev–Trinajstić information content (AvgIpc) is 3.08. The Bertz CT molecular complexity index is 646. The highest BCUT2D eigenvalue weighted by atomic mass is 19.1. The third-order valence-corrected chi connectivity index (χ3v) is 3.43. The molecule has 0 saturated carbocycles. The lowest BCUT2D eigenvalue weighted by Gasteiger charge is -2.12. The zero-order chi connectivity index (χ0) is 14.1. The van der Waals surface area contributed by atoms with Crippen LogP contribution in [0.25, 0.3) is 5.69 Å². The number of nitrogens with two attached hydrogens (primary N) is 1. The highest BCUT2D eigenvalue weighted by Gasteiger charge is 2.23. The third-order valence-electron chi connectivity index (χ3n) is 3.43. The van der Waals surface area contributed by atoms with E-state index in [0.29, 0.717) is 0 Å². The van der Waals surface area contributed by atoms with Gasteiger partial charge in [-0.1, -0.05) is 12.1 Å². The second-order valence-electron chi connectivity index (χ2n) is 4.82. The smallest absolute Gasteiger partial charge is 0.274 e. The molecule has 0 atom stereocenters. The number of anilines is 1. The topological polar surface area (TPSA) is 64.2 Å². The monoisotopic (exact) mass is 274 g/mol. The van der Waals surface area contributed by atoms with Crippen LogP contribution in [-0.4, -0.2) is 33.7 Å². The van der Waals surface area contributed by atoms with Gasteiger partial charge in [0.25, 0.3) is 5.91 Å². The predicted octanol–water partition coefficient (Wildman–Crippen LogP) is 1.83. The summed E-state index contributed by atoms with van der Waals surface area (Å²) >= 11 is 0. The standard InChI is InChI=1S/C14H15FN4O/c15-10-5-1-2-6-12(10)19-13(16)9-11(17-19)14(20)18-7-3-4-8-18/h1-2,5-6,9H,3-4,7-8,16H2. The molecule has 0 bridgehead atoms. The molecular formula is C14H15FN4O. The summed E-state index contributed by atoms with van der Waals surface area (Å²) in [5.74, 6) is -0.329. The lowest BCUT2D eigenvalue weighted by Crippen LogP contribution is -2.28. The minimum absolute atomic E-state index is 0.149. The number of carbonyl (C=O) groups excluding carboxylic acids is 1. The quantitative estimate of drug-likeness (QED) is 0.908. The maximum atomic E-state index is 13.8. The third kappa shape index (κ3) is 2.13. The molecule has 104 valence electrons. The van der Waals surface area contributed by atoms with Gasteiger partial charge in [0.1, 0.15) is 17.3 Å². The van der Waals surface area contributed by atoms with Crippen LogP contribution in [0.1, 0.15) is 23.3 Å². The normalized spacial score (nSPS) is 14.8. The van der Waals surface area contributed by atoms with Gasteiger partial charge in [-0.2, -0.15) is 5.10 Å². The number of benzene rings is 1. The van der Waals surface area contributed by atoms with Crippen LogP contribution in [0.4, 0.5) is 10.2 Å². The van der Waals surface area contributed by atoms with Crippen molar-refractivity contribution in [2.24, 2.45) is 0 Å². The molecule has 0 aliphatic carbocycles. The number of hydrogen-bond acceptors (Lipinski definition) is 3. The van der Waals surface area contributed by atoms with Crippen LogP contribution in [0.2, 0.25) is 0 Å². The largest absolute Gasteiger partial charge is 0.384 e. The number of halogens is 1. The molecule has 1 aromatic carbocycles. The van der Waals surface area contributed by atoms with Crippen LogP contribution in [0.15, 0.2) is 30.3 Å². The van der Waals surface area contributed by atoms with Crippen LogP contribution in [0, 0.1) is 5.82 Å². The molecule has 6 heteroatoms. The molecule has 3 rings (SSSR count).